The number of hydrazone groups is 1. The second-order valence-electron chi connectivity index (χ2n) is 6.35. The first-order valence-corrected chi connectivity index (χ1v) is 8.49. The number of unbranched alkanes of at least 4 members (excludes halogenated alkanes) is 1. The predicted octanol–water partition coefficient (Wildman–Crippen LogP) is 1.74. The van der Waals surface area contributed by atoms with E-state index in [2.05, 4.69) is 18.9 Å². The molecule has 0 amide bonds. The zero-order valence-electron chi connectivity index (χ0n) is 14.3. The lowest BCUT2D eigenvalue weighted by atomic mass is 10.1. The molecule has 3 atom stereocenters. The van der Waals surface area contributed by atoms with Gasteiger partial charge in [0.05, 0.1) is 12.7 Å². The summed E-state index contributed by atoms with van der Waals surface area (Å²) in [5.41, 5.74) is 0. The molecule has 2 aliphatic rings. The van der Waals surface area contributed by atoms with Gasteiger partial charge in [-0.25, -0.2) is 10.1 Å². The molecule has 8 nitrogen and oxygen atoms in total. The van der Waals surface area contributed by atoms with Crippen molar-refractivity contribution in [1.82, 2.24) is 9.80 Å². The molecule has 132 valence electrons. The Morgan fingerprint density at radius 2 is 2.30 bits per heavy atom. The van der Waals surface area contributed by atoms with E-state index in [1.54, 1.807) is 0 Å². The molecule has 3 unspecified atom stereocenters. The number of hydrogen-bond donors (Lipinski definition) is 0. The van der Waals surface area contributed by atoms with E-state index in [1.165, 1.54) is 0 Å². The Bertz CT molecular complexity index is 432. The van der Waals surface area contributed by atoms with Gasteiger partial charge in [-0.2, -0.15) is 0 Å². The van der Waals surface area contributed by atoms with Crippen molar-refractivity contribution >= 4 is 5.96 Å². The molecule has 2 saturated heterocycles. The molecular weight excluding hydrogens is 300 g/mol. The van der Waals surface area contributed by atoms with E-state index in [4.69, 9.17) is 9.47 Å². The number of nitrogens with zero attached hydrogens (tertiary/aromatic N) is 4. The van der Waals surface area contributed by atoms with E-state index in [0.29, 0.717) is 31.6 Å². The molecule has 0 aromatic carbocycles. The minimum Gasteiger partial charge on any atom is -0.378 e. The topological polar surface area (TPSA) is 80.4 Å². The lowest BCUT2D eigenvalue weighted by Gasteiger charge is -2.27. The first-order chi connectivity index (χ1) is 11.0. The van der Waals surface area contributed by atoms with Crippen LogP contribution in [-0.2, 0) is 9.47 Å². The maximum absolute atomic E-state index is 10.9. The van der Waals surface area contributed by atoms with Gasteiger partial charge in [0, 0.05) is 32.2 Å². The van der Waals surface area contributed by atoms with E-state index < -0.39 is 5.03 Å². The highest BCUT2D eigenvalue weighted by Gasteiger charge is 2.35. The van der Waals surface area contributed by atoms with Crippen LogP contribution in [0.1, 0.15) is 40.0 Å². The van der Waals surface area contributed by atoms with Crippen molar-refractivity contribution in [2.75, 3.05) is 32.8 Å². The highest BCUT2D eigenvalue weighted by molar-refractivity contribution is 5.81. The maximum Gasteiger partial charge on any atom is 0.276 e. The SMILES string of the molecule is CCCCOC(C)N1CCN(CC2COC(C)C2)C1=N[N+](=O)[O-]. The highest BCUT2D eigenvalue weighted by atomic mass is 16.7. The molecule has 0 aromatic rings. The molecular formula is C15H28N4O4. The van der Waals surface area contributed by atoms with Crippen LogP contribution in [-0.4, -0.2) is 66.0 Å². The van der Waals surface area contributed by atoms with Crippen molar-refractivity contribution in [2.45, 2.75) is 52.4 Å². The Morgan fingerprint density at radius 3 is 2.91 bits per heavy atom. The second kappa shape index (κ2) is 8.44. The van der Waals surface area contributed by atoms with E-state index in [9.17, 15) is 10.1 Å². The van der Waals surface area contributed by atoms with E-state index >= 15 is 0 Å². The quantitative estimate of drug-likeness (QED) is 0.383. The first kappa shape index (κ1) is 17.9. The Hall–Kier alpha value is -1.41. The van der Waals surface area contributed by atoms with Gasteiger partial charge in [-0.05, 0) is 26.7 Å². The molecule has 0 N–H and O–H groups in total. The van der Waals surface area contributed by atoms with Crippen LogP contribution >= 0.6 is 0 Å². The number of guanidine groups is 1. The van der Waals surface area contributed by atoms with Gasteiger partial charge in [0.2, 0.25) is 0 Å². The summed E-state index contributed by atoms with van der Waals surface area (Å²) in [6.07, 6.45) is 3.11. The molecule has 0 bridgehead atoms. The fraction of sp³-hybridized carbons (Fsp3) is 0.933. The molecule has 0 aliphatic carbocycles. The van der Waals surface area contributed by atoms with Crippen molar-refractivity contribution in [1.29, 1.82) is 0 Å². The lowest BCUT2D eigenvalue weighted by molar-refractivity contribution is -0.486. The fourth-order valence-electron chi connectivity index (χ4n) is 3.15. The summed E-state index contributed by atoms with van der Waals surface area (Å²) in [7, 11) is 0. The van der Waals surface area contributed by atoms with Crippen molar-refractivity contribution < 1.29 is 14.5 Å². The van der Waals surface area contributed by atoms with Gasteiger partial charge in [0.15, 0.2) is 5.03 Å². The monoisotopic (exact) mass is 328 g/mol. The molecule has 0 radical (unpaired) electrons. The molecule has 2 heterocycles. The van der Waals surface area contributed by atoms with Crippen LogP contribution < -0.4 is 0 Å². The van der Waals surface area contributed by atoms with Gasteiger partial charge in [0.1, 0.15) is 11.3 Å². The zero-order valence-corrected chi connectivity index (χ0v) is 14.3. The summed E-state index contributed by atoms with van der Waals surface area (Å²) in [6.45, 7) is 9.65. The van der Waals surface area contributed by atoms with Crippen molar-refractivity contribution in [3.8, 4) is 0 Å². The first-order valence-electron chi connectivity index (χ1n) is 8.49. The summed E-state index contributed by atoms with van der Waals surface area (Å²) in [6, 6.07) is 0. The fourth-order valence-corrected chi connectivity index (χ4v) is 3.15. The predicted molar refractivity (Wildman–Crippen MR) is 86.6 cm³/mol. The van der Waals surface area contributed by atoms with Gasteiger partial charge >= 0.3 is 0 Å². The molecule has 2 aliphatic heterocycles. The molecule has 23 heavy (non-hydrogen) atoms. The minimum absolute atomic E-state index is 0.205. The summed E-state index contributed by atoms with van der Waals surface area (Å²) in [4.78, 5) is 14.8. The van der Waals surface area contributed by atoms with Gasteiger partial charge in [-0.3, -0.25) is 0 Å². The van der Waals surface area contributed by atoms with Crippen LogP contribution in [0, 0.1) is 16.0 Å². The average Bonchev–Trinajstić information content (AvgIpc) is 3.06. The van der Waals surface area contributed by atoms with E-state index in [1.807, 2.05) is 16.7 Å². The second-order valence-corrected chi connectivity index (χ2v) is 6.35. The molecule has 0 spiro atoms. The number of nitro groups is 1. The van der Waals surface area contributed by atoms with E-state index in [-0.39, 0.29) is 12.3 Å². The van der Waals surface area contributed by atoms with Crippen LogP contribution in [0.3, 0.4) is 0 Å². The Labute approximate surface area is 137 Å². The van der Waals surface area contributed by atoms with Gasteiger partial charge in [-0.1, -0.05) is 13.3 Å². The highest BCUT2D eigenvalue weighted by Crippen LogP contribution is 2.23. The van der Waals surface area contributed by atoms with Crippen LogP contribution in [0.2, 0.25) is 0 Å². The smallest absolute Gasteiger partial charge is 0.276 e. The average molecular weight is 328 g/mol. The van der Waals surface area contributed by atoms with Crippen LogP contribution in [0.15, 0.2) is 5.10 Å². The van der Waals surface area contributed by atoms with Gasteiger partial charge < -0.3 is 19.3 Å². The molecule has 0 saturated carbocycles. The summed E-state index contributed by atoms with van der Waals surface area (Å²) in [5.74, 6) is 0.816. The van der Waals surface area contributed by atoms with Crippen LogP contribution in [0.5, 0.6) is 0 Å². The van der Waals surface area contributed by atoms with Crippen molar-refractivity contribution in [3.63, 3.8) is 0 Å². The minimum atomic E-state index is -0.618. The van der Waals surface area contributed by atoms with Crippen LogP contribution in [0.25, 0.3) is 0 Å². The molecule has 2 fully saturated rings. The van der Waals surface area contributed by atoms with Crippen molar-refractivity contribution in [2.24, 2.45) is 11.0 Å². The summed E-state index contributed by atoms with van der Waals surface area (Å²) < 4.78 is 11.4. The maximum atomic E-state index is 10.9. The third-order valence-corrected chi connectivity index (χ3v) is 4.38. The largest absolute Gasteiger partial charge is 0.378 e. The van der Waals surface area contributed by atoms with E-state index in [0.717, 1.165) is 32.4 Å². The zero-order chi connectivity index (χ0) is 16.8. The number of hydrogen-bond acceptors (Lipinski definition) is 4. The lowest BCUT2D eigenvalue weighted by Crippen LogP contribution is -2.42. The normalized spacial score (nSPS) is 27.9. The summed E-state index contributed by atoms with van der Waals surface area (Å²) >= 11 is 0. The number of ether oxygens (including phenoxy) is 2. The van der Waals surface area contributed by atoms with Gasteiger partial charge in [0.25, 0.3) is 5.96 Å². The molecule has 0 aromatic heterocycles. The Kier molecular flexibility index (Phi) is 6.59. The standard InChI is InChI=1S/C15H28N4O4/c1-4-5-8-22-13(3)18-7-6-17(15(18)16-19(20)21)10-14-9-12(2)23-11-14/h12-14H,4-11H2,1-3H3. The Balaban J connectivity index is 1.98. The van der Waals surface area contributed by atoms with Gasteiger partial charge in [-0.15, -0.1) is 0 Å². The summed E-state index contributed by atoms with van der Waals surface area (Å²) in [5, 5.41) is 13.9. The Morgan fingerprint density at radius 1 is 1.52 bits per heavy atom. The molecule has 2 rings (SSSR count). The van der Waals surface area contributed by atoms with Crippen molar-refractivity contribution in [3.05, 3.63) is 10.1 Å². The molecule has 8 heteroatoms. The number of rotatable bonds is 8. The van der Waals surface area contributed by atoms with Crippen LogP contribution in [0.4, 0.5) is 0 Å². The third-order valence-electron chi connectivity index (χ3n) is 4.38. The third kappa shape index (κ3) is 5.04.